The molecule has 0 amide bonds. The normalized spacial score (nSPS) is 13.0. The minimum absolute atomic E-state index is 0.135. The summed E-state index contributed by atoms with van der Waals surface area (Å²) in [5.41, 5.74) is 1.43. The Kier molecular flexibility index (Phi) is 2.79. The fraction of sp³-hybridized carbons (Fsp3) is 0.400. The lowest BCUT2D eigenvalue weighted by Crippen LogP contribution is -1.96. The lowest BCUT2D eigenvalue weighted by atomic mass is 10.0. The van der Waals surface area contributed by atoms with Crippen LogP contribution in [0.5, 0.6) is 0 Å². The molecule has 0 heterocycles. The average Bonchev–Trinajstić information content (AvgIpc) is 2.08. The van der Waals surface area contributed by atoms with E-state index in [4.69, 9.17) is 0 Å². The van der Waals surface area contributed by atoms with Crippen molar-refractivity contribution in [3.05, 3.63) is 35.1 Å². The SMILES string of the molecule is Cc1cc(C(C)CF)ccc1F. The molecule has 0 fully saturated rings. The summed E-state index contributed by atoms with van der Waals surface area (Å²) in [6.07, 6.45) is 0. The van der Waals surface area contributed by atoms with Crippen LogP contribution in [-0.4, -0.2) is 6.67 Å². The Morgan fingerprint density at radius 3 is 2.58 bits per heavy atom. The highest BCUT2D eigenvalue weighted by atomic mass is 19.1. The summed E-state index contributed by atoms with van der Waals surface area (Å²) < 4.78 is 25.0. The van der Waals surface area contributed by atoms with E-state index in [0.29, 0.717) is 5.56 Å². The zero-order valence-electron chi connectivity index (χ0n) is 7.27. The summed E-state index contributed by atoms with van der Waals surface area (Å²) in [4.78, 5) is 0. The van der Waals surface area contributed by atoms with E-state index >= 15 is 0 Å². The van der Waals surface area contributed by atoms with Gasteiger partial charge in [0, 0.05) is 5.92 Å². The predicted molar refractivity (Wildman–Crippen MR) is 45.5 cm³/mol. The molecule has 0 spiro atoms. The summed E-state index contributed by atoms with van der Waals surface area (Å²) in [6, 6.07) is 4.71. The monoisotopic (exact) mass is 170 g/mol. The van der Waals surface area contributed by atoms with Crippen molar-refractivity contribution in [2.45, 2.75) is 19.8 Å². The summed E-state index contributed by atoms with van der Waals surface area (Å²) in [5, 5.41) is 0. The Bertz CT molecular complexity index is 269. The number of hydrogen-bond donors (Lipinski definition) is 0. The Morgan fingerprint density at radius 1 is 1.42 bits per heavy atom. The van der Waals surface area contributed by atoms with Crippen LogP contribution in [0, 0.1) is 12.7 Å². The van der Waals surface area contributed by atoms with Crippen LogP contribution in [0.3, 0.4) is 0 Å². The van der Waals surface area contributed by atoms with Crippen LogP contribution in [0.2, 0.25) is 0 Å². The van der Waals surface area contributed by atoms with Gasteiger partial charge in [0.2, 0.25) is 0 Å². The molecule has 12 heavy (non-hydrogen) atoms. The maximum atomic E-state index is 12.8. The van der Waals surface area contributed by atoms with Crippen LogP contribution in [0.1, 0.15) is 24.0 Å². The molecule has 0 N–H and O–H groups in total. The molecule has 0 bridgehead atoms. The van der Waals surface area contributed by atoms with E-state index in [2.05, 4.69) is 0 Å². The summed E-state index contributed by atoms with van der Waals surface area (Å²) in [6.45, 7) is 3.07. The number of benzene rings is 1. The van der Waals surface area contributed by atoms with Gasteiger partial charge in [-0.2, -0.15) is 0 Å². The van der Waals surface area contributed by atoms with E-state index in [9.17, 15) is 8.78 Å². The second-order valence-corrected chi connectivity index (χ2v) is 3.06. The van der Waals surface area contributed by atoms with Gasteiger partial charge in [0.05, 0.1) is 6.67 Å². The lowest BCUT2D eigenvalue weighted by molar-refractivity contribution is 0.446. The first-order valence-electron chi connectivity index (χ1n) is 3.97. The first kappa shape index (κ1) is 9.17. The summed E-state index contributed by atoms with van der Waals surface area (Å²) in [7, 11) is 0. The average molecular weight is 170 g/mol. The highest BCUT2D eigenvalue weighted by molar-refractivity contribution is 5.26. The topological polar surface area (TPSA) is 0 Å². The molecule has 0 radical (unpaired) electrons. The highest BCUT2D eigenvalue weighted by Gasteiger charge is 2.06. The summed E-state index contributed by atoms with van der Waals surface area (Å²) in [5.74, 6) is -0.367. The minimum atomic E-state index is -0.398. The molecule has 1 unspecified atom stereocenters. The van der Waals surface area contributed by atoms with Gasteiger partial charge in [-0.15, -0.1) is 0 Å². The van der Waals surface area contributed by atoms with Crippen LogP contribution in [0.15, 0.2) is 18.2 Å². The number of alkyl halides is 1. The summed E-state index contributed by atoms with van der Waals surface area (Å²) >= 11 is 0. The van der Waals surface area contributed by atoms with Crippen LogP contribution in [0.25, 0.3) is 0 Å². The standard InChI is InChI=1S/C10H12F2/c1-7-5-9(8(2)6-11)3-4-10(7)12/h3-5,8H,6H2,1-2H3. The maximum Gasteiger partial charge on any atom is 0.126 e. The second kappa shape index (κ2) is 3.65. The first-order valence-corrected chi connectivity index (χ1v) is 3.97. The molecule has 0 aliphatic carbocycles. The van der Waals surface area contributed by atoms with Gasteiger partial charge in [-0.3, -0.25) is 4.39 Å². The van der Waals surface area contributed by atoms with Gasteiger partial charge >= 0.3 is 0 Å². The van der Waals surface area contributed by atoms with E-state index < -0.39 is 6.67 Å². The fourth-order valence-electron chi connectivity index (χ4n) is 1.06. The Morgan fingerprint density at radius 2 is 2.08 bits per heavy atom. The van der Waals surface area contributed by atoms with Gasteiger partial charge in [-0.25, -0.2) is 4.39 Å². The molecule has 1 atom stereocenters. The molecule has 1 aromatic carbocycles. The number of aryl methyl sites for hydroxylation is 1. The third-order valence-corrected chi connectivity index (χ3v) is 1.98. The largest absolute Gasteiger partial charge is 0.250 e. The minimum Gasteiger partial charge on any atom is -0.250 e. The van der Waals surface area contributed by atoms with E-state index in [1.165, 1.54) is 6.07 Å². The van der Waals surface area contributed by atoms with E-state index in [0.717, 1.165) is 5.56 Å². The molecular weight excluding hydrogens is 158 g/mol. The van der Waals surface area contributed by atoms with Gasteiger partial charge in [-0.1, -0.05) is 19.1 Å². The molecule has 0 aliphatic rings. The number of halogens is 2. The van der Waals surface area contributed by atoms with E-state index in [1.54, 1.807) is 26.0 Å². The maximum absolute atomic E-state index is 12.8. The molecular formula is C10H12F2. The third kappa shape index (κ3) is 1.81. The Balaban J connectivity index is 2.96. The van der Waals surface area contributed by atoms with Gasteiger partial charge in [-0.05, 0) is 24.1 Å². The zero-order valence-corrected chi connectivity index (χ0v) is 7.27. The molecule has 0 aromatic heterocycles. The highest BCUT2D eigenvalue weighted by Crippen LogP contribution is 2.18. The van der Waals surface area contributed by atoms with Crippen LogP contribution >= 0.6 is 0 Å². The lowest BCUT2D eigenvalue weighted by Gasteiger charge is -2.07. The van der Waals surface area contributed by atoms with Gasteiger partial charge < -0.3 is 0 Å². The second-order valence-electron chi connectivity index (χ2n) is 3.06. The predicted octanol–water partition coefficient (Wildman–Crippen LogP) is 3.21. The van der Waals surface area contributed by atoms with Crippen molar-refractivity contribution in [3.8, 4) is 0 Å². The van der Waals surface area contributed by atoms with Crippen molar-refractivity contribution in [1.29, 1.82) is 0 Å². The number of rotatable bonds is 2. The Hall–Kier alpha value is -0.920. The van der Waals surface area contributed by atoms with Gasteiger partial charge in [0.15, 0.2) is 0 Å². The van der Waals surface area contributed by atoms with Crippen molar-refractivity contribution in [2.75, 3.05) is 6.67 Å². The fourth-order valence-corrected chi connectivity index (χ4v) is 1.06. The first-order chi connectivity index (χ1) is 5.65. The molecule has 1 rings (SSSR count). The molecule has 2 heteroatoms. The third-order valence-electron chi connectivity index (χ3n) is 1.98. The van der Waals surface area contributed by atoms with Crippen molar-refractivity contribution < 1.29 is 8.78 Å². The van der Waals surface area contributed by atoms with Crippen molar-refractivity contribution >= 4 is 0 Å². The quantitative estimate of drug-likeness (QED) is 0.639. The molecule has 0 nitrogen and oxygen atoms in total. The van der Waals surface area contributed by atoms with Crippen LogP contribution < -0.4 is 0 Å². The van der Waals surface area contributed by atoms with Crippen molar-refractivity contribution in [2.24, 2.45) is 0 Å². The van der Waals surface area contributed by atoms with Gasteiger partial charge in [0.1, 0.15) is 5.82 Å². The smallest absolute Gasteiger partial charge is 0.126 e. The van der Waals surface area contributed by atoms with Crippen LogP contribution in [-0.2, 0) is 0 Å². The number of hydrogen-bond acceptors (Lipinski definition) is 0. The van der Waals surface area contributed by atoms with Crippen molar-refractivity contribution in [1.82, 2.24) is 0 Å². The molecule has 0 saturated heterocycles. The molecule has 1 aromatic rings. The molecule has 0 aliphatic heterocycles. The zero-order chi connectivity index (χ0) is 9.14. The van der Waals surface area contributed by atoms with Crippen LogP contribution in [0.4, 0.5) is 8.78 Å². The van der Waals surface area contributed by atoms with E-state index in [1.807, 2.05) is 0 Å². The van der Waals surface area contributed by atoms with Gasteiger partial charge in [0.25, 0.3) is 0 Å². The molecule has 0 saturated carbocycles. The Labute approximate surface area is 71.2 Å². The van der Waals surface area contributed by atoms with E-state index in [-0.39, 0.29) is 11.7 Å². The van der Waals surface area contributed by atoms with Crippen molar-refractivity contribution in [3.63, 3.8) is 0 Å². The molecule has 66 valence electrons.